The van der Waals surface area contributed by atoms with Gasteiger partial charge in [-0.25, -0.2) is 4.79 Å². The fraction of sp³-hybridized carbons (Fsp3) is 0.611. The zero-order valence-electron chi connectivity index (χ0n) is 14.5. The van der Waals surface area contributed by atoms with Crippen LogP contribution < -0.4 is 10.2 Å². The molecule has 1 aromatic rings. The summed E-state index contributed by atoms with van der Waals surface area (Å²) < 4.78 is 0. The zero-order valence-corrected chi connectivity index (χ0v) is 14.5. The number of carbonyl (C=O) groups excluding carboxylic acids is 1. The van der Waals surface area contributed by atoms with Gasteiger partial charge in [0.15, 0.2) is 0 Å². The second kappa shape index (κ2) is 7.03. The summed E-state index contributed by atoms with van der Waals surface area (Å²) in [5.74, 6) is 0.586. The van der Waals surface area contributed by atoms with E-state index in [2.05, 4.69) is 24.1 Å². The highest BCUT2D eigenvalue weighted by Crippen LogP contribution is 2.28. The van der Waals surface area contributed by atoms with Crippen molar-refractivity contribution in [2.24, 2.45) is 5.92 Å². The molecule has 1 saturated carbocycles. The molecule has 0 aromatic heterocycles. The lowest BCUT2D eigenvalue weighted by Crippen LogP contribution is -2.44. The van der Waals surface area contributed by atoms with Crippen molar-refractivity contribution in [2.75, 3.05) is 31.4 Å². The van der Waals surface area contributed by atoms with Gasteiger partial charge in [-0.05, 0) is 49.4 Å². The molecule has 1 fully saturated rings. The molecule has 1 aliphatic rings. The molecule has 2 amide bonds. The summed E-state index contributed by atoms with van der Waals surface area (Å²) in [5.41, 5.74) is 3.20. The van der Waals surface area contributed by atoms with Crippen molar-refractivity contribution in [3.63, 3.8) is 0 Å². The highest BCUT2D eigenvalue weighted by atomic mass is 16.2. The first-order valence-corrected chi connectivity index (χ1v) is 8.22. The smallest absolute Gasteiger partial charge is 0.321 e. The standard InChI is InChI=1S/C18H29N3O/c1-13-8-6-7-9-17(13)21(5)18(22)19-15-10-11-16(20(3)4)14(2)12-15/h10-13,17H,6-9H2,1-5H3,(H,19,22). The molecule has 4 heteroatoms. The maximum absolute atomic E-state index is 12.5. The van der Waals surface area contributed by atoms with Crippen LogP contribution in [-0.2, 0) is 0 Å². The third-order valence-electron chi connectivity index (χ3n) is 4.81. The number of hydrogen-bond donors (Lipinski definition) is 1. The van der Waals surface area contributed by atoms with Gasteiger partial charge in [0.25, 0.3) is 0 Å². The third-order valence-corrected chi connectivity index (χ3v) is 4.81. The number of rotatable bonds is 3. The van der Waals surface area contributed by atoms with Crippen molar-refractivity contribution in [2.45, 2.75) is 45.6 Å². The fourth-order valence-electron chi connectivity index (χ4n) is 3.47. The number of nitrogens with zero attached hydrogens (tertiary/aromatic N) is 2. The molecule has 4 nitrogen and oxygen atoms in total. The molecule has 0 heterocycles. The van der Waals surface area contributed by atoms with Crippen LogP contribution in [0.2, 0.25) is 0 Å². The highest BCUT2D eigenvalue weighted by Gasteiger charge is 2.27. The van der Waals surface area contributed by atoms with E-state index < -0.39 is 0 Å². The van der Waals surface area contributed by atoms with E-state index in [1.807, 2.05) is 44.2 Å². The van der Waals surface area contributed by atoms with E-state index in [1.165, 1.54) is 24.9 Å². The molecule has 1 aromatic carbocycles. The monoisotopic (exact) mass is 303 g/mol. The normalized spacial score (nSPS) is 21.3. The van der Waals surface area contributed by atoms with E-state index in [0.717, 1.165) is 17.7 Å². The van der Waals surface area contributed by atoms with E-state index in [0.29, 0.717) is 12.0 Å². The summed E-state index contributed by atoms with van der Waals surface area (Å²) in [6.07, 6.45) is 4.85. The Morgan fingerprint density at radius 1 is 1.18 bits per heavy atom. The molecule has 0 aliphatic heterocycles. The lowest BCUT2D eigenvalue weighted by molar-refractivity contribution is 0.155. The van der Waals surface area contributed by atoms with E-state index in [4.69, 9.17) is 0 Å². The van der Waals surface area contributed by atoms with Crippen molar-refractivity contribution in [1.29, 1.82) is 0 Å². The van der Waals surface area contributed by atoms with E-state index in [-0.39, 0.29) is 6.03 Å². The van der Waals surface area contributed by atoms with Gasteiger partial charge in [0, 0.05) is 38.6 Å². The lowest BCUT2D eigenvalue weighted by Gasteiger charge is -2.36. The van der Waals surface area contributed by atoms with Gasteiger partial charge in [0.1, 0.15) is 0 Å². The SMILES string of the molecule is Cc1cc(NC(=O)N(C)C2CCCCC2C)ccc1N(C)C. The molecular formula is C18H29N3O. The Hall–Kier alpha value is -1.71. The molecule has 22 heavy (non-hydrogen) atoms. The Bertz CT molecular complexity index is 527. The van der Waals surface area contributed by atoms with Crippen LogP contribution in [0.15, 0.2) is 18.2 Å². The Morgan fingerprint density at radius 2 is 1.86 bits per heavy atom. The molecule has 2 unspecified atom stereocenters. The third kappa shape index (κ3) is 3.73. The van der Waals surface area contributed by atoms with Crippen molar-refractivity contribution < 1.29 is 4.79 Å². The predicted octanol–water partition coefficient (Wildman–Crippen LogP) is 4.10. The minimum atomic E-state index is -0.00393. The van der Waals surface area contributed by atoms with Crippen molar-refractivity contribution in [3.8, 4) is 0 Å². The molecular weight excluding hydrogens is 274 g/mol. The van der Waals surface area contributed by atoms with Gasteiger partial charge < -0.3 is 15.1 Å². The Balaban J connectivity index is 2.03. The maximum atomic E-state index is 12.5. The van der Waals surface area contributed by atoms with Crippen molar-refractivity contribution >= 4 is 17.4 Å². The molecule has 0 spiro atoms. The first-order valence-electron chi connectivity index (χ1n) is 8.22. The summed E-state index contributed by atoms with van der Waals surface area (Å²) in [6, 6.07) is 6.41. The molecule has 1 N–H and O–H groups in total. The molecule has 2 rings (SSSR count). The van der Waals surface area contributed by atoms with Gasteiger partial charge in [-0.15, -0.1) is 0 Å². The number of amides is 2. The molecule has 0 radical (unpaired) electrons. The number of carbonyl (C=O) groups is 1. The Labute approximate surface area is 134 Å². The highest BCUT2D eigenvalue weighted by molar-refractivity contribution is 5.89. The zero-order chi connectivity index (χ0) is 16.3. The lowest BCUT2D eigenvalue weighted by atomic mass is 9.85. The predicted molar refractivity (Wildman–Crippen MR) is 93.7 cm³/mol. The Kier molecular flexibility index (Phi) is 5.33. The number of anilines is 2. The van der Waals surface area contributed by atoms with E-state index >= 15 is 0 Å². The van der Waals surface area contributed by atoms with Crippen LogP contribution in [0.5, 0.6) is 0 Å². The van der Waals surface area contributed by atoms with Crippen LogP contribution in [0, 0.1) is 12.8 Å². The second-order valence-electron chi connectivity index (χ2n) is 6.77. The number of hydrogen-bond acceptors (Lipinski definition) is 2. The van der Waals surface area contributed by atoms with Crippen LogP contribution >= 0.6 is 0 Å². The Morgan fingerprint density at radius 3 is 2.45 bits per heavy atom. The quantitative estimate of drug-likeness (QED) is 0.912. The van der Waals surface area contributed by atoms with Crippen molar-refractivity contribution in [1.82, 2.24) is 4.90 Å². The second-order valence-corrected chi connectivity index (χ2v) is 6.77. The van der Waals surface area contributed by atoms with Crippen LogP contribution in [0.1, 0.15) is 38.2 Å². The largest absolute Gasteiger partial charge is 0.377 e. The molecule has 0 bridgehead atoms. The number of aryl methyl sites for hydroxylation is 1. The summed E-state index contributed by atoms with van der Waals surface area (Å²) >= 11 is 0. The molecule has 122 valence electrons. The van der Waals surface area contributed by atoms with Crippen molar-refractivity contribution in [3.05, 3.63) is 23.8 Å². The van der Waals surface area contributed by atoms with E-state index in [9.17, 15) is 4.79 Å². The van der Waals surface area contributed by atoms with Gasteiger partial charge in [-0.3, -0.25) is 0 Å². The minimum absolute atomic E-state index is 0.00393. The van der Waals surface area contributed by atoms with Gasteiger partial charge in [0.05, 0.1) is 0 Å². The summed E-state index contributed by atoms with van der Waals surface area (Å²) in [4.78, 5) is 16.5. The maximum Gasteiger partial charge on any atom is 0.321 e. The summed E-state index contributed by atoms with van der Waals surface area (Å²) in [5, 5.41) is 3.03. The summed E-state index contributed by atoms with van der Waals surface area (Å²) in [7, 11) is 5.97. The van der Waals surface area contributed by atoms with Gasteiger partial charge in [0.2, 0.25) is 0 Å². The summed E-state index contributed by atoms with van der Waals surface area (Å²) in [6.45, 7) is 4.32. The fourth-order valence-corrected chi connectivity index (χ4v) is 3.47. The van der Waals surface area contributed by atoms with Crippen LogP contribution in [0.25, 0.3) is 0 Å². The first kappa shape index (κ1) is 16.7. The molecule has 0 saturated heterocycles. The van der Waals surface area contributed by atoms with Crippen LogP contribution in [0.4, 0.5) is 16.2 Å². The van der Waals surface area contributed by atoms with E-state index in [1.54, 1.807) is 0 Å². The first-order chi connectivity index (χ1) is 10.4. The van der Waals surface area contributed by atoms with Gasteiger partial charge >= 0.3 is 6.03 Å². The van der Waals surface area contributed by atoms with Crippen LogP contribution in [0.3, 0.4) is 0 Å². The average molecular weight is 303 g/mol. The average Bonchev–Trinajstić information content (AvgIpc) is 2.46. The van der Waals surface area contributed by atoms with Gasteiger partial charge in [-0.1, -0.05) is 19.8 Å². The number of nitrogens with one attached hydrogen (secondary N) is 1. The van der Waals surface area contributed by atoms with Crippen LogP contribution in [-0.4, -0.2) is 38.1 Å². The molecule has 1 aliphatic carbocycles. The number of benzene rings is 1. The minimum Gasteiger partial charge on any atom is -0.377 e. The molecule has 2 atom stereocenters. The van der Waals surface area contributed by atoms with Gasteiger partial charge in [-0.2, -0.15) is 0 Å². The topological polar surface area (TPSA) is 35.6 Å². The number of urea groups is 1.